The molecular formula is C13H21N3O3S. The van der Waals surface area contributed by atoms with Gasteiger partial charge < -0.3 is 16.0 Å². The van der Waals surface area contributed by atoms with Crippen LogP contribution < -0.4 is 11.1 Å². The summed E-state index contributed by atoms with van der Waals surface area (Å²) in [5.41, 5.74) is 6.42. The average Bonchev–Trinajstić information content (AvgIpc) is 2.37. The Morgan fingerprint density at radius 2 is 1.90 bits per heavy atom. The van der Waals surface area contributed by atoms with Crippen LogP contribution in [0.2, 0.25) is 0 Å². The van der Waals surface area contributed by atoms with Gasteiger partial charge in [0.1, 0.15) is 0 Å². The van der Waals surface area contributed by atoms with E-state index in [0.717, 1.165) is 6.26 Å². The van der Waals surface area contributed by atoms with Crippen LogP contribution in [-0.2, 0) is 14.6 Å². The van der Waals surface area contributed by atoms with Gasteiger partial charge in [0.25, 0.3) is 0 Å². The van der Waals surface area contributed by atoms with Crippen molar-refractivity contribution in [3.63, 3.8) is 0 Å². The van der Waals surface area contributed by atoms with Crippen LogP contribution in [0.15, 0.2) is 23.1 Å². The van der Waals surface area contributed by atoms with Gasteiger partial charge in [0.15, 0.2) is 9.84 Å². The topological polar surface area (TPSA) is 92.5 Å². The van der Waals surface area contributed by atoms with Gasteiger partial charge in [0.05, 0.1) is 22.8 Å². The molecule has 0 fully saturated rings. The monoisotopic (exact) mass is 299 g/mol. The summed E-state index contributed by atoms with van der Waals surface area (Å²) in [7, 11) is -3.38. The largest absolute Gasteiger partial charge is 0.396 e. The normalized spacial score (nSPS) is 11.2. The van der Waals surface area contributed by atoms with Crippen LogP contribution in [0.25, 0.3) is 0 Å². The lowest BCUT2D eigenvalue weighted by atomic mass is 10.2. The van der Waals surface area contributed by atoms with Crippen molar-refractivity contribution in [2.45, 2.75) is 18.7 Å². The lowest BCUT2D eigenvalue weighted by Crippen LogP contribution is -2.35. The highest BCUT2D eigenvalue weighted by atomic mass is 32.2. The first-order valence-corrected chi connectivity index (χ1v) is 8.30. The Kier molecular flexibility index (Phi) is 5.38. The van der Waals surface area contributed by atoms with Gasteiger partial charge in [-0.05, 0) is 26.0 Å². The lowest BCUT2D eigenvalue weighted by Gasteiger charge is -2.19. The SMILES string of the molecule is CCN(CC)C(=O)CNc1cccc(S(C)(=O)=O)c1N. The Morgan fingerprint density at radius 3 is 2.40 bits per heavy atom. The quantitative estimate of drug-likeness (QED) is 0.763. The molecule has 0 spiro atoms. The summed E-state index contributed by atoms with van der Waals surface area (Å²) in [6.07, 6.45) is 1.10. The summed E-state index contributed by atoms with van der Waals surface area (Å²) in [6, 6.07) is 4.69. The molecule has 6 nitrogen and oxygen atoms in total. The molecule has 3 N–H and O–H groups in total. The van der Waals surface area contributed by atoms with Gasteiger partial charge in [0, 0.05) is 19.3 Å². The number of carbonyl (C=O) groups is 1. The summed E-state index contributed by atoms with van der Waals surface area (Å²) >= 11 is 0. The molecule has 7 heteroatoms. The minimum atomic E-state index is -3.38. The molecular weight excluding hydrogens is 278 g/mol. The number of para-hydroxylation sites is 1. The Morgan fingerprint density at radius 1 is 1.30 bits per heavy atom. The highest BCUT2D eigenvalue weighted by Gasteiger charge is 2.15. The first kappa shape index (κ1) is 16.3. The Hall–Kier alpha value is -1.76. The number of anilines is 2. The summed E-state index contributed by atoms with van der Waals surface area (Å²) in [6.45, 7) is 5.16. The van der Waals surface area contributed by atoms with E-state index >= 15 is 0 Å². The average molecular weight is 299 g/mol. The summed E-state index contributed by atoms with van der Waals surface area (Å²) in [4.78, 5) is 13.6. The van der Waals surface area contributed by atoms with E-state index in [4.69, 9.17) is 5.73 Å². The molecule has 20 heavy (non-hydrogen) atoms. The van der Waals surface area contributed by atoms with Crippen LogP contribution in [0.3, 0.4) is 0 Å². The second-order valence-corrected chi connectivity index (χ2v) is 6.39. The van der Waals surface area contributed by atoms with E-state index in [9.17, 15) is 13.2 Å². The third-order valence-corrected chi connectivity index (χ3v) is 4.17. The van der Waals surface area contributed by atoms with E-state index in [1.54, 1.807) is 17.0 Å². The number of carbonyl (C=O) groups excluding carboxylic acids is 1. The molecule has 0 aromatic heterocycles. The fourth-order valence-electron chi connectivity index (χ4n) is 1.88. The third-order valence-electron chi connectivity index (χ3n) is 3.01. The van der Waals surface area contributed by atoms with Crippen LogP contribution in [0.1, 0.15) is 13.8 Å². The minimum Gasteiger partial charge on any atom is -0.396 e. The van der Waals surface area contributed by atoms with Crippen molar-refractivity contribution in [1.82, 2.24) is 4.90 Å². The fourth-order valence-corrected chi connectivity index (χ4v) is 2.72. The Balaban J connectivity index is 2.87. The molecule has 0 radical (unpaired) electrons. The molecule has 0 aliphatic carbocycles. The van der Waals surface area contributed by atoms with Crippen molar-refractivity contribution in [3.8, 4) is 0 Å². The van der Waals surface area contributed by atoms with Crippen molar-refractivity contribution < 1.29 is 13.2 Å². The van der Waals surface area contributed by atoms with Crippen molar-refractivity contribution in [2.24, 2.45) is 0 Å². The van der Waals surface area contributed by atoms with E-state index in [0.29, 0.717) is 18.8 Å². The lowest BCUT2D eigenvalue weighted by molar-refractivity contribution is -0.128. The van der Waals surface area contributed by atoms with Gasteiger partial charge in [0.2, 0.25) is 5.91 Å². The van der Waals surface area contributed by atoms with E-state index in [1.807, 2.05) is 13.8 Å². The number of benzene rings is 1. The number of nitrogens with zero attached hydrogens (tertiary/aromatic N) is 1. The zero-order valence-electron chi connectivity index (χ0n) is 12.0. The summed E-state index contributed by atoms with van der Waals surface area (Å²) < 4.78 is 23.1. The molecule has 0 heterocycles. The molecule has 1 aromatic rings. The molecule has 0 atom stereocenters. The number of hydrogen-bond donors (Lipinski definition) is 2. The van der Waals surface area contributed by atoms with E-state index in [2.05, 4.69) is 5.32 Å². The van der Waals surface area contributed by atoms with E-state index in [1.165, 1.54) is 6.07 Å². The van der Waals surface area contributed by atoms with Gasteiger partial charge in [-0.15, -0.1) is 0 Å². The number of sulfone groups is 1. The van der Waals surface area contributed by atoms with Crippen LogP contribution in [0, 0.1) is 0 Å². The van der Waals surface area contributed by atoms with Gasteiger partial charge in [-0.2, -0.15) is 0 Å². The summed E-state index contributed by atoms with van der Waals surface area (Å²) in [5, 5.41) is 2.89. The van der Waals surface area contributed by atoms with Crippen molar-refractivity contribution >= 4 is 27.1 Å². The molecule has 1 aromatic carbocycles. The predicted molar refractivity (Wildman–Crippen MR) is 80.4 cm³/mol. The van der Waals surface area contributed by atoms with Crippen LogP contribution in [-0.4, -0.2) is 45.1 Å². The maximum Gasteiger partial charge on any atom is 0.241 e. The van der Waals surface area contributed by atoms with E-state index < -0.39 is 9.84 Å². The van der Waals surface area contributed by atoms with Gasteiger partial charge >= 0.3 is 0 Å². The smallest absolute Gasteiger partial charge is 0.241 e. The Labute approximate surface area is 119 Å². The second-order valence-electron chi connectivity index (χ2n) is 4.41. The van der Waals surface area contributed by atoms with Gasteiger partial charge in [-0.25, -0.2) is 8.42 Å². The number of hydrogen-bond acceptors (Lipinski definition) is 5. The zero-order valence-corrected chi connectivity index (χ0v) is 12.8. The first-order valence-electron chi connectivity index (χ1n) is 6.41. The first-order chi connectivity index (χ1) is 9.31. The van der Waals surface area contributed by atoms with E-state index in [-0.39, 0.29) is 23.0 Å². The number of nitrogens with one attached hydrogen (secondary N) is 1. The van der Waals surface area contributed by atoms with Crippen LogP contribution in [0.5, 0.6) is 0 Å². The zero-order chi connectivity index (χ0) is 15.3. The standard InChI is InChI=1S/C13H21N3O3S/c1-4-16(5-2)12(17)9-15-10-7-6-8-11(13(10)14)20(3,18)19/h6-8,15H,4-5,9,14H2,1-3H3. The molecule has 0 saturated heterocycles. The number of rotatable bonds is 6. The molecule has 112 valence electrons. The minimum absolute atomic E-state index is 0.0563. The molecule has 0 aliphatic heterocycles. The van der Waals surface area contributed by atoms with Crippen LogP contribution >= 0.6 is 0 Å². The van der Waals surface area contributed by atoms with Crippen LogP contribution in [0.4, 0.5) is 11.4 Å². The highest BCUT2D eigenvalue weighted by molar-refractivity contribution is 7.90. The van der Waals surface area contributed by atoms with Crippen molar-refractivity contribution in [2.75, 3.05) is 36.9 Å². The third kappa shape index (κ3) is 3.86. The van der Waals surface area contributed by atoms with Gasteiger partial charge in [-0.3, -0.25) is 4.79 Å². The predicted octanol–water partition coefficient (Wildman–Crippen LogP) is 0.953. The molecule has 0 bridgehead atoms. The molecule has 1 rings (SSSR count). The number of nitrogens with two attached hydrogens (primary N) is 1. The maximum absolute atomic E-state index is 11.9. The number of nitrogen functional groups attached to an aromatic ring is 1. The highest BCUT2D eigenvalue weighted by Crippen LogP contribution is 2.26. The second kappa shape index (κ2) is 6.60. The number of likely N-dealkylation sites (N-methyl/N-ethyl adjacent to an activating group) is 1. The molecule has 0 unspecified atom stereocenters. The molecule has 1 amide bonds. The maximum atomic E-state index is 11.9. The summed E-state index contributed by atoms with van der Waals surface area (Å²) in [5.74, 6) is -0.0563. The van der Waals surface area contributed by atoms with Crippen molar-refractivity contribution in [3.05, 3.63) is 18.2 Å². The Bertz CT molecular complexity index is 581. The fraction of sp³-hybridized carbons (Fsp3) is 0.462. The van der Waals surface area contributed by atoms with Crippen molar-refractivity contribution in [1.29, 1.82) is 0 Å². The molecule has 0 aliphatic rings. The molecule has 0 saturated carbocycles. The number of amides is 1. The van der Waals surface area contributed by atoms with Gasteiger partial charge in [-0.1, -0.05) is 6.07 Å².